The number of carbonyl (C=O) groups excluding carboxylic acids is 3. The molecule has 1 N–H and O–H groups in total. The van der Waals surface area contributed by atoms with Crippen molar-refractivity contribution in [2.75, 3.05) is 26.0 Å². The Hall–Kier alpha value is -3.26. The molecule has 1 atom stereocenters. The van der Waals surface area contributed by atoms with Gasteiger partial charge in [0.25, 0.3) is 5.91 Å². The number of hydrogen-bond donors (Lipinski definition) is 1. The summed E-state index contributed by atoms with van der Waals surface area (Å²) in [5.74, 6) is -0.943. The van der Waals surface area contributed by atoms with Gasteiger partial charge >= 0.3 is 5.97 Å². The van der Waals surface area contributed by atoms with E-state index in [9.17, 15) is 14.4 Å². The summed E-state index contributed by atoms with van der Waals surface area (Å²) in [6.07, 6.45) is 0.700. The van der Waals surface area contributed by atoms with Gasteiger partial charge in [0.15, 0.2) is 5.11 Å². The highest BCUT2D eigenvalue weighted by molar-refractivity contribution is 7.80. The van der Waals surface area contributed by atoms with Gasteiger partial charge in [-0.1, -0.05) is 30.3 Å². The van der Waals surface area contributed by atoms with E-state index in [-0.39, 0.29) is 18.2 Å². The molecule has 7 nitrogen and oxygen atoms in total. The Morgan fingerprint density at radius 2 is 1.77 bits per heavy atom. The van der Waals surface area contributed by atoms with E-state index in [1.54, 1.807) is 31.3 Å². The van der Waals surface area contributed by atoms with Crippen LogP contribution in [-0.2, 0) is 20.7 Å². The Kier molecular flexibility index (Phi) is 6.79. The monoisotopic (exact) mass is 425 g/mol. The number of likely N-dealkylation sites (N-methyl/N-ethyl adjacent to an activating group) is 1. The summed E-state index contributed by atoms with van der Waals surface area (Å²) in [5, 5.41) is 3.19. The van der Waals surface area contributed by atoms with E-state index in [1.165, 1.54) is 12.0 Å². The maximum atomic E-state index is 12.6. The number of hydrogen-bond acceptors (Lipinski definition) is 5. The van der Waals surface area contributed by atoms with Crippen molar-refractivity contribution in [2.24, 2.45) is 0 Å². The number of amides is 2. The van der Waals surface area contributed by atoms with E-state index in [0.717, 1.165) is 12.0 Å². The Labute approximate surface area is 180 Å². The third kappa shape index (κ3) is 4.83. The van der Waals surface area contributed by atoms with E-state index in [4.69, 9.17) is 12.2 Å². The summed E-state index contributed by atoms with van der Waals surface area (Å²) in [6, 6.07) is 15.6. The van der Waals surface area contributed by atoms with Gasteiger partial charge in [0.2, 0.25) is 5.91 Å². The fraction of sp³-hybridized carbons (Fsp3) is 0.273. The molecule has 0 aromatic heterocycles. The molecule has 0 aliphatic carbocycles. The molecular formula is C22H23N3O4S. The van der Waals surface area contributed by atoms with Gasteiger partial charge in [-0.2, -0.15) is 0 Å². The van der Waals surface area contributed by atoms with Gasteiger partial charge in [0.05, 0.1) is 19.1 Å². The highest BCUT2D eigenvalue weighted by Crippen LogP contribution is 2.21. The molecule has 156 valence electrons. The lowest BCUT2D eigenvalue weighted by molar-refractivity contribution is -0.130. The van der Waals surface area contributed by atoms with Gasteiger partial charge in [-0.25, -0.2) is 4.79 Å². The SMILES string of the molecule is COC(=O)c1ccc(NC(=O)C[C@H]2C(=O)N(C)C(=S)N2CCc2ccccc2)cc1. The third-order valence-electron chi connectivity index (χ3n) is 4.98. The summed E-state index contributed by atoms with van der Waals surface area (Å²) in [7, 11) is 2.94. The average molecular weight is 426 g/mol. The van der Waals surface area contributed by atoms with Crippen LogP contribution in [0.2, 0.25) is 0 Å². The van der Waals surface area contributed by atoms with Crippen LogP contribution in [0.15, 0.2) is 54.6 Å². The van der Waals surface area contributed by atoms with E-state index >= 15 is 0 Å². The molecule has 2 amide bonds. The van der Waals surface area contributed by atoms with E-state index < -0.39 is 12.0 Å². The second kappa shape index (κ2) is 9.49. The van der Waals surface area contributed by atoms with Gasteiger partial charge in [0.1, 0.15) is 6.04 Å². The zero-order valence-electron chi connectivity index (χ0n) is 16.8. The molecule has 1 saturated heterocycles. The molecule has 2 aromatic rings. The van der Waals surface area contributed by atoms with Gasteiger partial charge < -0.3 is 15.0 Å². The van der Waals surface area contributed by atoms with Gasteiger partial charge in [-0.05, 0) is 48.5 Å². The van der Waals surface area contributed by atoms with Crippen LogP contribution >= 0.6 is 12.2 Å². The first-order valence-electron chi connectivity index (χ1n) is 9.51. The van der Waals surface area contributed by atoms with E-state index in [0.29, 0.717) is 22.9 Å². The number of benzene rings is 2. The predicted molar refractivity (Wildman–Crippen MR) is 117 cm³/mol. The maximum absolute atomic E-state index is 12.6. The second-order valence-electron chi connectivity index (χ2n) is 6.95. The van der Waals surface area contributed by atoms with Crippen LogP contribution in [0.1, 0.15) is 22.3 Å². The number of thiocarbonyl (C=S) groups is 1. The molecule has 1 fully saturated rings. The summed E-state index contributed by atoms with van der Waals surface area (Å²) in [5.41, 5.74) is 2.06. The molecular weight excluding hydrogens is 402 g/mol. The topological polar surface area (TPSA) is 78.9 Å². The minimum absolute atomic E-state index is 0.0170. The smallest absolute Gasteiger partial charge is 0.337 e. The second-order valence-corrected chi connectivity index (χ2v) is 7.31. The minimum atomic E-state index is -0.638. The van der Waals surface area contributed by atoms with Gasteiger partial charge in [-0.3, -0.25) is 14.5 Å². The zero-order chi connectivity index (χ0) is 21.7. The number of esters is 1. The first kappa shape index (κ1) is 21.4. The lowest BCUT2D eigenvalue weighted by Crippen LogP contribution is -2.39. The van der Waals surface area contributed by atoms with Gasteiger partial charge in [0, 0.05) is 19.3 Å². The molecule has 1 heterocycles. The third-order valence-corrected chi connectivity index (χ3v) is 5.49. The Bertz CT molecular complexity index is 947. The summed E-state index contributed by atoms with van der Waals surface area (Å²) >= 11 is 5.42. The van der Waals surface area contributed by atoms with Crippen LogP contribution in [0.5, 0.6) is 0 Å². The van der Waals surface area contributed by atoms with Crippen molar-refractivity contribution >= 4 is 40.8 Å². The average Bonchev–Trinajstić information content (AvgIpc) is 2.96. The normalized spacial score (nSPS) is 16.0. The van der Waals surface area contributed by atoms with Crippen LogP contribution in [-0.4, -0.2) is 59.4 Å². The van der Waals surface area contributed by atoms with Crippen molar-refractivity contribution in [3.63, 3.8) is 0 Å². The summed E-state index contributed by atoms with van der Waals surface area (Å²) in [4.78, 5) is 40.0. The van der Waals surface area contributed by atoms with Crippen molar-refractivity contribution in [1.29, 1.82) is 0 Å². The molecule has 1 aliphatic rings. The Morgan fingerprint density at radius 1 is 1.10 bits per heavy atom. The van der Waals surface area contributed by atoms with E-state index in [2.05, 4.69) is 10.1 Å². The maximum Gasteiger partial charge on any atom is 0.337 e. The largest absolute Gasteiger partial charge is 0.465 e. The Balaban J connectivity index is 1.64. The van der Waals surface area contributed by atoms with Crippen LogP contribution in [0, 0.1) is 0 Å². The minimum Gasteiger partial charge on any atom is -0.465 e. The number of rotatable bonds is 7. The predicted octanol–water partition coefficient (Wildman–Crippen LogP) is 2.47. The van der Waals surface area contributed by atoms with Crippen LogP contribution < -0.4 is 5.32 Å². The Morgan fingerprint density at radius 3 is 2.40 bits per heavy atom. The number of anilines is 1. The fourth-order valence-corrected chi connectivity index (χ4v) is 3.62. The molecule has 0 saturated carbocycles. The van der Waals surface area contributed by atoms with Crippen LogP contribution in [0.25, 0.3) is 0 Å². The van der Waals surface area contributed by atoms with Crippen molar-refractivity contribution < 1.29 is 19.1 Å². The molecule has 1 aliphatic heterocycles. The van der Waals surface area contributed by atoms with Crippen molar-refractivity contribution in [3.8, 4) is 0 Å². The van der Waals surface area contributed by atoms with Crippen molar-refractivity contribution in [3.05, 3.63) is 65.7 Å². The van der Waals surface area contributed by atoms with Crippen LogP contribution in [0.3, 0.4) is 0 Å². The molecule has 0 radical (unpaired) electrons. The summed E-state index contributed by atoms with van der Waals surface area (Å²) < 4.78 is 4.66. The first-order chi connectivity index (χ1) is 14.4. The molecule has 2 aromatic carbocycles. The highest BCUT2D eigenvalue weighted by Gasteiger charge is 2.41. The highest BCUT2D eigenvalue weighted by atomic mass is 32.1. The number of nitrogens with zero attached hydrogens (tertiary/aromatic N) is 2. The lowest BCUT2D eigenvalue weighted by atomic mass is 10.1. The fourth-order valence-electron chi connectivity index (χ4n) is 3.32. The number of nitrogens with one attached hydrogen (secondary N) is 1. The van der Waals surface area contributed by atoms with E-state index in [1.807, 2.05) is 35.2 Å². The van der Waals surface area contributed by atoms with Crippen molar-refractivity contribution in [1.82, 2.24) is 9.80 Å². The first-order valence-corrected chi connectivity index (χ1v) is 9.92. The van der Waals surface area contributed by atoms with Crippen LogP contribution in [0.4, 0.5) is 5.69 Å². The van der Waals surface area contributed by atoms with Crippen molar-refractivity contribution in [2.45, 2.75) is 18.9 Å². The molecule has 8 heteroatoms. The molecule has 30 heavy (non-hydrogen) atoms. The zero-order valence-corrected chi connectivity index (χ0v) is 17.6. The molecule has 0 unspecified atom stereocenters. The van der Waals surface area contributed by atoms with Gasteiger partial charge in [-0.15, -0.1) is 0 Å². The lowest BCUT2D eigenvalue weighted by Gasteiger charge is -2.23. The molecule has 0 spiro atoms. The molecule has 0 bridgehead atoms. The number of carbonyl (C=O) groups is 3. The molecule has 3 rings (SSSR count). The number of methoxy groups -OCH3 is 1. The number of ether oxygens (including phenoxy) is 1. The quantitative estimate of drug-likeness (QED) is 0.542. The standard InChI is InChI=1S/C22H23N3O4S/c1-24-20(27)18(25(22(24)30)13-12-15-6-4-3-5-7-15)14-19(26)23-17-10-8-16(9-11-17)21(28)29-2/h3-11,18H,12-14H2,1-2H3,(H,23,26)/t18-/m0/s1. The summed E-state index contributed by atoms with van der Waals surface area (Å²) in [6.45, 7) is 0.546.